The van der Waals surface area contributed by atoms with Crippen molar-refractivity contribution in [1.29, 1.82) is 0 Å². The van der Waals surface area contributed by atoms with Crippen LogP contribution in [0.5, 0.6) is 0 Å². The second kappa shape index (κ2) is 5.63. The van der Waals surface area contributed by atoms with E-state index in [2.05, 4.69) is 34.6 Å². The summed E-state index contributed by atoms with van der Waals surface area (Å²) in [5, 5.41) is 11.9. The van der Waals surface area contributed by atoms with E-state index in [1.807, 2.05) is 42.5 Å². The lowest BCUT2D eigenvalue weighted by Gasteiger charge is -2.05. The summed E-state index contributed by atoms with van der Waals surface area (Å²) in [6.45, 7) is 2.05. The largest absolute Gasteiger partial charge is 0.193 e. The number of benzene rings is 2. The number of aromatic nitrogens is 4. The molecule has 0 unspecified atom stereocenters. The molecule has 0 aliphatic rings. The molecule has 0 aliphatic heterocycles. The van der Waals surface area contributed by atoms with Crippen LogP contribution in [-0.2, 0) is 0 Å². The third kappa shape index (κ3) is 2.63. The molecule has 3 aromatic rings. The highest BCUT2D eigenvalue weighted by Crippen LogP contribution is 2.19. The number of aryl methyl sites for hydroxylation is 1. The number of tetrazole rings is 1. The molecule has 0 bridgehead atoms. The molecule has 0 amide bonds. The van der Waals surface area contributed by atoms with Crippen LogP contribution in [0.2, 0.25) is 0 Å². The van der Waals surface area contributed by atoms with Crippen LogP contribution in [0.1, 0.15) is 5.56 Å². The topological polar surface area (TPSA) is 43.6 Å². The van der Waals surface area contributed by atoms with Crippen LogP contribution in [0.3, 0.4) is 0 Å². The van der Waals surface area contributed by atoms with Crippen molar-refractivity contribution in [1.82, 2.24) is 20.2 Å². The maximum Gasteiger partial charge on any atom is 0.187 e. The molecule has 96 valence electrons. The minimum Gasteiger partial charge on any atom is -0.193 e. The van der Waals surface area contributed by atoms with Crippen molar-refractivity contribution in [2.45, 2.75) is 6.92 Å². The van der Waals surface area contributed by atoms with Gasteiger partial charge in [-0.25, -0.2) is 0 Å². The zero-order chi connectivity index (χ0) is 12.4. The maximum atomic E-state index is 4.09. The zero-order valence-corrected chi connectivity index (χ0v) is 11.2. The summed E-state index contributed by atoms with van der Waals surface area (Å²) in [5.41, 5.74) is 3.16. The van der Waals surface area contributed by atoms with Gasteiger partial charge in [0.25, 0.3) is 0 Å². The van der Waals surface area contributed by atoms with E-state index in [1.165, 1.54) is 5.56 Å². The second-order valence-electron chi connectivity index (χ2n) is 4.12. The van der Waals surface area contributed by atoms with Gasteiger partial charge in [0.1, 0.15) is 0 Å². The Morgan fingerprint density at radius 2 is 1.74 bits per heavy atom. The van der Waals surface area contributed by atoms with E-state index in [0.29, 0.717) is 0 Å². The third-order valence-electron chi connectivity index (χ3n) is 2.75. The first kappa shape index (κ1) is 13.2. The molecule has 0 aliphatic carbocycles. The molecule has 4 nitrogen and oxygen atoms in total. The number of halogens is 1. The predicted molar refractivity (Wildman–Crippen MR) is 76.6 cm³/mol. The molecule has 2 aromatic carbocycles. The van der Waals surface area contributed by atoms with Crippen molar-refractivity contribution >= 4 is 12.4 Å². The van der Waals surface area contributed by atoms with Crippen molar-refractivity contribution in [2.75, 3.05) is 0 Å². The van der Waals surface area contributed by atoms with Crippen molar-refractivity contribution in [2.24, 2.45) is 0 Å². The SMILES string of the molecule is Cc1cccc(-n2nnnc2-c2ccccc2)c1.Cl. The second-order valence-corrected chi connectivity index (χ2v) is 4.12. The summed E-state index contributed by atoms with van der Waals surface area (Å²) in [6.07, 6.45) is 0. The highest BCUT2D eigenvalue weighted by molar-refractivity contribution is 5.85. The average Bonchev–Trinajstić information content (AvgIpc) is 2.89. The standard InChI is InChI=1S/C14H12N4.ClH/c1-11-6-5-9-13(10-11)18-14(15-16-17-18)12-7-3-2-4-8-12;/h2-10H,1H3;1H. The Morgan fingerprint density at radius 1 is 0.947 bits per heavy atom. The lowest BCUT2D eigenvalue weighted by Crippen LogP contribution is -1.99. The van der Waals surface area contributed by atoms with E-state index in [0.717, 1.165) is 17.1 Å². The maximum absolute atomic E-state index is 4.09. The van der Waals surface area contributed by atoms with Gasteiger partial charge in [-0.1, -0.05) is 42.5 Å². The molecule has 3 rings (SSSR count). The average molecular weight is 273 g/mol. The van der Waals surface area contributed by atoms with E-state index in [-0.39, 0.29) is 12.4 Å². The highest BCUT2D eigenvalue weighted by Gasteiger charge is 2.09. The molecule has 5 heteroatoms. The smallest absolute Gasteiger partial charge is 0.187 e. The van der Waals surface area contributed by atoms with Crippen LogP contribution < -0.4 is 0 Å². The van der Waals surface area contributed by atoms with Gasteiger partial charge in [0.05, 0.1) is 5.69 Å². The molecule has 19 heavy (non-hydrogen) atoms. The minimum atomic E-state index is 0. The molecule has 1 aromatic heterocycles. The number of hydrogen-bond donors (Lipinski definition) is 0. The van der Waals surface area contributed by atoms with Gasteiger partial charge in [0, 0.05) is 5.56 Å². The summed E-state index contributed by atoms with van der Waals surface area (Å²) in [4.78, 5) is 0. The van der Waals surface area contributed by atoms with Crippen LogP contribution in [0.4, 0.5) is 0 Å². The Labute approximate surface area is 117 Å². The Hall–Kier alpha value is -2.20. The summed E-state index contributed by atoms with van der Waals surface area (Å²) >= 11 is 0. The lowest BCUT2D eigenvalue weighted by atomic mass is 10.2. The van der Waals surface area contributed by atoms with Crippen molar-refractivity contribution < 1.29 is 0 Å². The van der Waals surface area contributed by atoms with Gasteiger partial charge in [-0.05, 0) is 35.0 Å². The quantitative estimate of drug-likeness (QED) is 0.720. The fraction of sp³-hybridized carbons (Fsp3) is 0.0714. The molecule has 0 saturated heterocycles. The van der Waals surface area contributed by atoms with Crippen LogP contribution in [0.25, 0.3) is 17.1 Å². The van der Waals surface area contributed by atoms with E-state index in [1.54, 1.807) is 4.68 Å². The van der Waals surface area contributed by atoms with Crippen molar-refractivity contribution in [3.8, 4) is 17.1 Å². The van der Waals surface area contributed by atoms with Gasteiger partial charge in [-0.15, -0.1) is 17.5 Å². The van der Waals surface area contributed by atoms with E-state index >= 15 is 0 Å². The molecule has 0 N–H and O–H groups in total. The number of nitrogens with zero attached hydrogens (tertiary/aromatic N) is 4. The van der Waals surface area contributed by atoms with Crippen molar-refractivity contribution in [3.05, 3.63) is 60.2 Å². The molecule has 1 heterocycles. The predicted octanol–water partition coefficient (Wildman–Crippen LogP) is 3.06. The fourth-order valence-electron chi connectivity index (χ4n) is 1.89. The lowest BCUT2D eigenvalue weighted by molar-refractivity contribution is 0.790. The monoisotopic (exact) mass is 272 g/mol. The minimum absolute atomic E-state index is 0. The van der Waals surface area contributed by atoms with Crippen molar-refractivity contribution in [3.63, 3.8) is 0 Å². The molecule has 0 saturated carbocycles. The Kier molecular flexibility index (Phi) is 3.92. The molecule has 0 radical (unpaired) electrons. The van der Waals surface area contributed by atoms with Gasteiger partial charge in [-0.2, -0.15) is 4.68 Å². The van der Waals surface area contributed by atoms with Gasteiger partial charge in [0.15, 0.2) is 5.82 Å². The highest BCUT2D eigenvalue weighted by atomic mass is 35.5. The molecular weight excluding hydrogens is 260 g/mol. The first-order valence-corrected chi connectivity index (χ1v) is 5.75. The van der Waals surface area contributed by atoms with Gasteiger partial charge in [0.2, 0.25) is 0 Å². The molecule has 0 atom stereocenters. The van der Waals surface area contributed by atoms with E-state index in [4.69, 9.17) is 0 Å². The fourth-order valence-corrected chi connectivity index (χ4v) is 1.89. The Balaban J connectivity index is 0.00000133. The van der Waals surface area contributed by atoms with Gasteiger partial charge < -0.3 is 0 Å². The van der Waals surface area contributed by atoms with Gasteiger partial charge >= 0.3 is 0 Å². The number of hydrogen-bond acceptors (Lipinski definition) is 3. The first-order chi connectivity index (χ1) is 8.84. The van der Waals surface area contributed by atoms with Gasteiger partial charge in [-0.3, -0.25) is 0 Å². The normalized spacial score (nSPS) is 9.95. The van der Waals surface area contributed by atoms with Crippen LogP contribution in [0, 0.1) is 6.92 Å². The number of rotatable bonds is 2. The molecule has 0 spiro atoms. The Bertz CT molecular complexity index is 664. The van der Waals surface area contributed by atoms with Crippen LogP contribution in [0.15, 0.2) is 54.6 Å². The molecular formula is C14H13ClN4. The zero-order valence-electron chi connectivity index (χ0n) is 10.4. The summed E-state index contributed by atoms with van der Waals surface area (Å²) in [5.74, 6) is 0.751. The third-order valence-corrected chi connectivity index (χ3v) is 2.75. The summed E-state index contributed by atoms with van der Waals surface area (Å²) in [6, 6.07) is 18.0. The van der Waals surface area contributed by atoms with E-state index in [9.17, 15) is 0 Å². The first-order valence-electron chi connectivity index (χ1n) is 5.75. The molecule has 0 fully saturated rings. The summed E-state index contributed by atoms with van der Waals surface area (Å²) < 4.78 is 1.75. The Morgan fingerprint density at radius 3 is 2.47 bits per heavy atom. The summed E-state index contributed by atoms with van der Waals surface area (Å²) in [7, 11) is 0. The van der Waals surface area contributed by atoms with Crippen LogP contribution in [-0.4, -0.2) is 20.2 Å². The van der Waals surface area contributed by atoms with Crippen LogP contribution >= 0.6 is 12.4 Å². The van der Waals surface area contributed by atoms with E-state index < -0.39 is 0 Å².